The molecule has 0 N–H and O–H groups in total. The van der Waals surface area contributed by atoms with E-state index in [0.717, 1.165) is 39.2 Å². The molecule has 0 spiro atoms. The summed E-state index contributed by atoms with van der Waals surface area (Å²) in [6.45, 7) is 9.59. The zero-order valence-corrected chi connectivity index (χ0v) is 31.4. The molecule has 1 saturated heterocycles. The van der Waals surface area contributed by atoms with Crippen molar-refractivity contribution in [2.45, 2.75) is 40.9 Å². The van der Waals surface area contributed by atoms with Gasteiger partial charge in [-0.3, -0.25) is 9.69 Å². The molecule has 1 heterocycles. The van der Waals surface area contributed by atoms with Gasteiger partial charge in [0, 0.05) is 0 Å². The van der Waals surface area contributed by atoms with Crippen LogP contribution in [0.4, 0.5) is 11.4 Å². The molecule has 1 aliphatic rings. The van der Waals surface area contributed by atoms with Crippen molar-refractivity contribution in [1.29, 1.82) is 0 Å². The summed E-state index contributed by atoms with van der Waals surface area (Å²) < 4.78 is 25.1. The lowest BCUT2D eigenvalue weighted by molar-refractivity contribution is -0.113. The molecular formula is C42H39BrN2O5S. The molecule has 0 aliphatic carbocycles. The van der Waals surface area contributed by atoms with E-state index >= 15 is 0 Å². The number of rotatable bonds is 13. The molecule has 0 aromatic heterocycles. The third-order valence-electron chi connectivity index (χ3n) is 7.92. The number of carbonyl (C=O) groups excluding carboxylic acids is 1. The number of carbonyl (C=O) groups is 1. The number of amidine groups is 1. The van der Waals surface area contributed by atoms with Crippen LogP contribution in [0.5, 0.6) is 23.0 Å². The summed E-state index contributed by atoms with van der Waals surface area (Å²) in [5.74, 6) is 2.31. The predicted molar refractivity (Wildman–Crippen MR) is 211 cm³/mol. The highest BCUT2D eigenvalue weighted by atomic mass is 79.9. The van der Waals surface area contributed by atoms with Crippen molar-refractivity contribution < 1.29 is 23.7 Å². The molecule has 0 bridgehead atoms. The van der Waals surface area contributed by atoms with Crippen LogP contribution in [-0.2, 0) is 18.0 Å². The van der Waals surface area contributed by atoms with E-state index in [0.29, 0.717) is 57.4 Å². The maximum atomic E-state index is 14.0. The van der Waals surface area contributed by atoms with Crippen molar-refractivity contribution in [1.82, 2.24) is 0 Å². The summed E-state index contributed by atoms with van der Waals surface area (Å²) in [7, 11) is 0. The van der Waals surface area contributed by atoms with Crippen molar-refractivity contribution >= 4 is 56.2 Å². The van der Waals surface area contributed by atoms with Gasteiger partial charge in [-0.15, -0.1) is 0 Å². The Morgan fingerprint density at radius 3 is 2.08 bits per heavy atom. The van der Waals surface area contributed by atoms with E-state index in [9.17, 15) is 4.79 Å². The monoisotopic (exact) mass is 762 g/mol. The highest BCUT2D eigenvalue weighted by Gasteiger charge is 2.35. The lowest BCUT2D eigenvalue weighted by atomic mass is 10.1. The van der Waals surface area contributed by atoms with Crippen LogP contribution in [0.3, 0.4) is 0 Å². The summed E-state index contributed by atoms with van der Waals surface area (Å²) in [6, 6.07) is 35.5. The van der Waals surface area contributed by atoms with E-state index in [1.54, 1.807) is 4.90 Å². The molecule has 260 valence electrons. The average molecular weight is 764 g/mol. The second-order valence-corrected chi connectivity index (χ2v) is 13.7. The van der Waals surface area contributed by atoms with E-state index in [-0.39, 0.29) is 12.5 Å². The molecule has 0 unspecified atom stereocenters. The zero-order valence-electron chi connectivity index (χ0n) is 29.0. The normalized spacial score (nSPS) is 14.3. The van der Waals surface area contributed by atoms with Crippen molar-refractivity contribution in [3.63, 3.8) is 0 Å². The molecule has 6 rings (SSSR count). The minimum Gasteiger partial charge on any atom is -0.490 e. The van der Waals surface area contributed by atoms with Crippen molar-refractivity contribution in [3.05, 3.63) is 146 Å². The predicted octanol–water partition coefficient (Wildman–Crippen LogP) is 10.8. The van der Waals surface area contributed by atoms with E-state index in [1.165, 1.54) is 11.8 Å². The second kappa shape index (κ2) is 16.8. The zero-order chi connectivity index (χ0) is 35.7. The van der Waals surface area contributed by atoms with E-state index in [4.69, 9.17) is 23.9 Å². The Kier molecular flexibility index (Phi) is 11.8. The molecule has 5 aromatic rings. The van der Waals surface area contributed by atoms with Crippen LogP contribution >= 0.6 is 27.7 Å². The summed E-state index contributed by atoms with van der Waals surface area (Å²) in [5.41, 5.74) is 6.57. The number of nitrogens with zero attached hydrogens (tertiary/aromatic N) is 2. The Hall–Kier alpha value is -4.99. The van der Waals surface area contributed by atoms with Gasteiger partial charge in [-0.2, -0.15) is 0 Å². The topological polar surface area (TPSA) is 69.6 Å². The van der Waals surface area contributed by atoms with Gasteiger partial charge in [0.25, 0.3) is 5.91 Å². The molecule has 5 aromatic carbocycles. The van der Waals surface area contributed by atoms with Crippen molar-refractivity contribution in [2.24, 2.45) is 4.99 Å². The first-order valence-electron chi connectivity index (χ1n) is 16.8. The van der Waals surface area contributed by atoms with Gasteiger partial charge >= 0.3 is 0 Å². The number of hydrogen-bond acceptors (Lipinski definition) is 7. The first-order chi connectivity index (χ1) is 24.8. The van der Waals surface area contributed by atoms with Gasteiger partial charge in [0.15, 0.2) is 28.2 Å². The Balaban J connectivity index is 1.24. The maximum absolute atomic E-state index is 14.0. The van der Waals surface area contributed by atoms with Crippen LogP contribution in [0.1, 0.15) is 41.7 Å². The number of ether oxygens (including phenoxy) is 4. The standard InChI is InChI=1S/C42H39BrN2O5S/c1-5-47-37-23-31(16-21-36(37)49-26-30-10-8-7-9-11-30)27-50-40-35(43)22-32(24-38(40)48-6-2)25-39-41(46)45(34-19-14-29(4)15-20-34)42(51-39)44-33-17-12-28(3)13-18-33/h7-25H,5-6,26-27H2,1-4H3/b39-25+,44-42?. The van der Waals surface area contributed by atoms with E-state index < -0.39 is 0 Å². The van der Waals surface area contributed by atoms with Crippen LogP contribution in [-0.4, -0.2) is 24.3 Å². The van der Waals surface area contributed by atoms with Gasteiger partial charge in [-0.25, -0.2) is 4.99 Å². The van der Waals surface area contributed by atoms with Crippen LogP contribution in [0.15, 0.2) is 124 Å². The Labute approximate surface area is 312 Å². The van der Waals surface area contributed by atoms with E-state index in [1.807, 2.05) is 143 Å². The highest BCUT2D eigenvalue weighted by molar-refractivity contribution is 9.10. The molecule has 1 amide bonds. The highest BCUT2D eigenvalue weighted by Crippen LogP contribution is 2.41. The molecule has 0 radical (unpaired) electrons. The van der Waals surface area contributed by atoms with Gasteiger partial charge in [-0.05, 0) is 127 Å². The Morgan fingerprint density at radius 1 is 0.706 bits per heavy atom. The molecule has 0 saturated carbocycles. The lowest BCUT2D eigenvalue weighted by Gasteiger charge is -2.17. The third kappa shape index (κ3) is 9.03. The van der Waals surface area contributed by atoms with Crippen LogP contribution < -0.4 is 23.8 Å². The van der Waals surface area contributed by atoms with Gasteiger partial charge in [0.05, 0.1) is 34.0 Å². The fourth-order valence-electron chi connectivity index (χ4n) is 5.35. The molecule has 1 fully saturated rings. The minimum absolute atomic E-state index is 0.148. The second-order valence-electron chi connectivity index (χ2n) is 11.9. The Bertz CT molecular complexity index is 2050. The Morgan fingerprint density at radius 2 is 1.37 bits per heavy atom. The van der Waals surface area contributed by atoms with Crippen LogP contribution in [0.2, 0.25) is 0 Å². The van der Waals surface area contributed by atoms with Gasteiger partial charge in [-0.1, -0.05) is 71.8 Å². The number of benzene rings is 5. The average Bonchev–Trinajstić information content (AvgIpc) is 3.42. The number of aryl methyl sites for hydroxylation is 2. The summed E-state index contributed by atoms with van der Waals surface area (Å²) >= 11 is 5.06. The SMILES string of the molecule is CCOc1cc(COc2c(Br)cc(/C=C3/SC(=Nc4ccc(C)cc4)N(c4ccc(C)cc4)C3=O)cc2OCC)ccc1OCc1ccccc1. The summed E-state index contributed by atoms with van der Waals surface area (Å²) in [4.78, 5) is 21.0. The first-order valence-corrected chi connectivity index (χ1v) is 18.4. The van der Waals surface area contributed by atoms with E-state index in [2.05, 4.69) is 15.9 Å². The fourth-order valence-corrected chi connectivity index (χ4v) is 6.92. The lowest BCUT2D eigenvalue weighted by Crippen LogP contribution is -2.28. The summed E-state index contributed by atoms with van der Waals surface area (Å²) in [6.07, 6.45) is 1.87. The quantitative estimate of drug-likeness (QED) is 0.111. The molecule has 51 heavy (non-hydrogen) atoms. The first kappa shape index (κ1) is 35.8. The fraction of sp³-hybridized carbons (Fsp3) is 0.190. The molecule has 7 nitrogen and oxygen atoms in total. The number of anilines is 1. The number of aliphatic imine (C=N–C) groups is 1. The molecular weight excluding hydrogens is 724 g/mol. The number of thioether (sulfide) groups is 1. The van der Waals surface area contributed by atoms with Crippen LogP contribution in [0, 0.1) is 13.8 Å². The smallest absolute Gasteiger partial charge is 0.271 e. The van der Waals surface area contributed by atoms with Crippen LogP contribution in [0.25, 0.3) is 6.08 Å². The number of hydrogen-bond donors (Lipinski definition) is 0. The molecule has 9 heteroatoms. The molecule has 0 atom stereocenters. The van der Waals surface area contributed by atoms with Crippen molar-refractivity contribution in [2.75, 3.05) is 18.1 Å². The van der Waals surface area contributed by atoms with Crippen molar-refractivity contribution in [3.8, 4) is 23.0 Å². The summed E-state index contributed by atoms with van der Waals surface area (Å²) in [5, 5.41) is 0.589. The maximum Gasteiger partial charge on any atom is 0.271 e. The number of amides is 1. The third-order valence-corrected chi connectivity index (χ3v) is 9.47. The van der Waals surface area contributed by atoms with Gasteiger partial charge in [0.1, 0.15) is 13.2 Å². The number of halogens is 1. The van der Waals surface area contributed by atoms with Gasteiger partial charge in [0.2, 0.25) is 0 Å². The molecule has 1 aliphatic heterocycles. The minimum atomic E-state index is -0.148. The van der Waals surface area contributed by atoms with Gasteiger partial charge < -0.3 is 18.9 Å². The largest absolute Gasteiger partial charge is 0.490 e.